The fourth-order valence-corrected chi connectivity index (χ4v) is 1.14. The average Bonchev–Trinajstić information content (AvgIpc) is 2.04. The first-order valence-corrected chi connectivity index (χ1v) is 3.98. The number of rotatable bonds is 2. The van der Waals surface area contributed by atoms with Crippen LogP contribution in [-0.4, -0.2) is 12.0 Å². The van der Waals surface area contributed by atoms with E-state index < -0.39 is 0 Å². The highest BCUT2D eigenvalue weighted by atomic mass is 35.5. The molecule has 1 rings (SSSR count). The van der Waals surface area contributed by atoms with Crippen molar-refractivity contribution in [1.29, 1.82) is 0 Å². The molecule has 2 nitrogen and oxygen atoms in total. The number of pyridine rings is 1. The van der Waals surface area contributed by atoms with Crippen LogP contribution in [0, 0.1) is 0 Å². The van der Waals surface area contributed by atoms with Gasteiger partial charge in [0.25, 0.3) is 0 Å². The first-order valence-electron chi connectivity index (χ1n) is 3.60. The van der Waals surface area contributed by atoms with Gasteiger partial charge in [-0.15, -0.1) is 0 Å². The Hall–Kier alpha value is -0.760. The fraction of sp³-hybridized carbons (Fsp3) is 0.375. The van der Waals surface area contributed by atoms with Gasteiger partial charge in [0, 0.05) is 13.2 Å². The summed E-state index contributed by atoms with van der Waals surface area (Å²) in [6.45, 7) is 2.08. The molecule has 1 aromatic rings. The monoisotopic (exact) mass is 170 g/mol. The topological polar surface area (TPSA) is 24.9 Å². The summed E-state index contributed by atoms with van der Waals surface area (Å²) >= 11 is 5.88. The smallest absolute Gasteiger partial charge is 0.144 e. The zero-order valence-electron chi connectivity index (χ0n) is 6.69. The first kappa shape index (κ1) is 8.34. The van der Waals surface area contributed by atoms with Gasteiger partial charge in [-0.05, 0) is 18.1 Å². The van der Waals surface area contributed by atoms with Gasteiger partial charge in [-0.1, -0.05) is 18.5 Å². The van der Waals surface area contributed by atoms with Gasteiger partial charge in [0.05, 0.1) is 5.02 Å². The Bertz CT molecular complexity index is 248. The van der Waals surface area contributed by atoms with Crippen LogP contribution < -0.4 is 5.32 Å². The summed E-state index contributed by atoms with van der Waals surface area (Å²) in [5, 5.41) is 3.59. The third-order valence-electron chi connectivity index (χ3n) is 1.54. The highest BCUT2D eigenvalue weighted by Gasteiger charge is 1.98. The van der Waals surface area contributed by atoms with E-state index in [0.717, 1.165) is 17.8 Å². The van der Waals surface area contributed by atoms with Crippen LogP contribution in [0.5, 0.6) is 0 Å². The number of nitrogens with zero attached hydrogens (tertiary/aromatic N) is 1. The summed E-state index contributed by atoms with van der Waals surface area (Å²) in [6.07, 6.45) is 2.80. The van der Waals surface area contributed by atoms with E-state index in [4.69, 9.17) is 11.6 Å². The van der Waals surface area contributed by atoms with Gasteiger partial charge in [0.15, 0.2) is 0 Å². The second-order valence-electron chi connectivity index (χ2n) is 2.28. The Morgan fingerprint density at radius 1 is 1.64 bits per heavy atom. The molecule has 0 aromatic carbocycles. The van der Waals surface area contributed by atoms with Crippen molar-refractivity contribution in [3.05, 3.63) is 22.8 Å². The Morgan fingerprint density at radius 2 is 2.36 bits per heavy atom. The lowest BCUT2D eigenvalue weighted by atomic mass is 10.2. The number of anilines is 1. The van der Waals surface area contributed by atoms with Gasteiger partial charge in [0.1, 0.15) is 5.82 Å². The number of aromatic nitrogens is 1. The second kappa shape index (κ2) is 3.58. The zero-order valence-corrected chi connectivity index (χ0v) is 7.44. The molecule has 0 aliphatic heterocycles. The van der Waals surface area contributed by atoms with Gasteiger partial charge in [-0.3, -0.25) is 0 Å². The highest BCUT2D eigenvalue weighted by Crippen LogP contribution is 2.19. The predicted molar refractivity (Wildman–Crippen MR) is 48.2 cm³/mol. The Morgan fingerprint density at radius 3 is 2.82 bits per heavy atom. The van der Waals surface area contributed by atoms with E-state index in [2.05, 4.69) is 17.2 Å². The molecule has 0 unspecified atom stereocenters. The van der Waals surface area contributed by atoms with Gasteiger partial charge in [-0.25, -0.2) is 4.98 Å². The number of halogens is 1. The van der Waals surface area contributed by atoms with E-state index in [0.29, 0.717) is 5.02 Å². The van der Waals surface area contributed by atoms with Crippen molar-refractivity contribution in [1.82, 2.24) is 4.98 Å². The van der Waals surface area contributed by atoms with Crippen LogP contribution in [0.25, 0.3) is 0 Å². The van der Waals surface area contributed by atoms with Gasteiger partial charge >= 0.3 is 0 Å². The average molecular weight is 171 g/mol. The fourth-order valence-electron chi connectivity index (χ4n) is 0.855. The molecule has 3 heteroatoms. The first-order chi connectivity index (χ1) is 5.27. The Kier molecular flexibility index (Phi) is 2.71. The molecule has 0 saturated heterocycles. The molecule has 0 fully saturated rings. The van der Waals surface area contributed by atoms with Crippen LogP contribution in [0.1, 0.15) is 12.5 Å². The number of aryl methyl sites for hydroxylation is 1. The third-order valence-corrected chi connectivity index (χ3v) is 1.83. The van der Waals surface area contributed by atoms with Crippen LogP contribution in [0.2, 0.25) is 5.02 Å². The summed E-state index contributed by atoms with van der Waals surface area (Å²) in [6, 6.07) is 1.93. The SMILES string of the molecule is CCc1cnc(NC)c(Cl)c1. The highest BCUT2D eigenvalue weighted by molar-refractivity contribution is 6.32. The molecule has 1 aromatic heterocycles. The second-order valence-corrected chi connectivity index (χ2v) is 2.68. The summed E-state index contributed by atoms with van der Waals surface area (Å²) < 4.78 is 0. The lowest BCUT2D eigenvalue weighted by molar-refractivity contribution is 1.10. The molecule has 0 aliphatic rings. The van der Waals surface area contributed by atoms with Crippen molar-refractivity contribution in [3.8, 4) is 0 Å². The number of nitrogens with one attached hydrogen (secondary N) is 1. The van der Waals surface area contributed by atoms with Crippen molar-refractivity contribution in [2.75, 3.05) is 12.4 Å². The van der Waals surface area contributed by atoms with Crippen molar-refractivity contribution < 1.29 is 0 Å². The van der Waals surface area contributed by atoms with Gasteiger partial charge in [-0.2, -0.15) is 0 Å². The van der Waals surface area contributed by atoms with E-state index in [1.54, 1.807) is 7.05 Å². The molecule has 0 aliphatic carbocycles. The standard InChI is InChI=1S/C8H11ClN2/c1-3-6-4-7(9)8(10-2)11-5-6/h4-5H,3H2,1-2H3,(H,10,11). The maximum absolute atomic E-state index is 5.88. The summed E-state index contributed by atoms with van der Waals surface area (Å²) in [4.78, 5) is 4.12. The molecule has 0 bridgehead atoms. The molecule has 0 spiro atoms. The van der Waals surface area contributed by atoms with Crippen LogP contribution in [0.4, 0.5) is 5.82 Å². The van der Waals surface area contributed by atoms with Crippen molar-refractivity contribution >= 4 is 17.4 Å². The van der Waals surface area contributed by atoms with Crippen molar-refractivity contribution in [2.24, 2.45) is 0 Å². The molecule has 0 amide bonds. The van der Waals surface area contributed by atoms with Crippen LogP contribution >= 0.6 is 11.6 Å². The minimum absolute atomic E-state index is 0.687. The molecule has 60 valence electrons. The van der Waals surface area contributed by atoms with E-state index in [1.165, 1.54) is 0 Å². The largest absolute Gasteiger partial charge is 0.372 e. The molecular formula is C8H11ClN2. The Balaban J connectivity index is 2.99. The van der Waals surface area contributed by atoms with Gasteiger partial charge in [0.2, 0.25) is 0 Å². The molecular weight excluding hydrogens is 160 g/mol. The lowest BCUT2D eigenvalue weighted by Gasteiger charge is -2.02. The van der Waals surface area contributed by atoms with Crippen molar-refractivity contribution in [2.45, 2.75) is 13.3 Å². The van der Waals surface area contributed by atoms with E-state index in [9.17, 15) is 0 Å². The van der Waals surface area contributed by atoms with Gasteiger partial charge < -0.3 is 5.32 Å². The van der Waals surface area contributed by atoms with Crippen LogP contribution in [-0.2, 0) is 6.42 Å². The summed E-state index contributed by atoms with van der Waals surface area (Å²) in [7, 11) is 1.81. The van der Waals surface area contributed by atoms with Crippen LogP contribution in [0.15, 0.2) is 12.3 Å². The molecule has 11 heavy (non-hydrogen) atoms. The van der Waals surface area contributed by atoms with E-state index >= 15 is 0 Å². The molecule has 1 heterocycles. The number of hydrogen-bond acceptors (Lipinski definition) is 2. The lowest BCUT2D eigenvalue weighted by Crippen LogP contribution is -1.94. The quantitative estimate of drug-likeness (QED) is 0.737. The maximum atomic E-state index is 5.88. The molecule has 0 saturated carbocycles. The summed E-state index contributed by atoms with van der Waals surface area (Å²) in [5.74, 6) is 0.740. The summed E-state index contributed by atoms with van der Waals surface area (Å²) in [5.41, 5.74) is 1.16. The minimum Gasteiger partial charge on any atom is -0.372 e. The van der Waals surface area contributed by atoms with E-state index in [1.807, 2.05) is 12.3 Å². The zero-order chi connectivity index (χ0) is 8.27. The molecule has 1 N–H and O–H groups in total. The molecule has 0 radical (unpaired) electrons. The third kappa shape index (κ3) is 1.84. The maximum Gasteiger partial charge on any atom is 0.144 e. The van der Waals surface area contributed by atoms with Crippen molar-refractivity contribution in [3.63, 3.8) is 0 Å². The van der Waals surface area contributed by atoms with Crippen LogP contribution in [0.3, 0.4) is 0 Å². The predicted octanol–water partition coefficient (Wildman–Crippen LogP) is 2.34. The van der Waals surface area contributed by atoms with E-state index in [-0.39, 0.29) is 0 Å². The minimum atomic E-state index is 0.687. The number of hydrogen-bond donors (Lipinski definition) is 1. The normalized spacial score (nSPS) is 9.73. The molecule has 0 atom stereocenters. The Labute approximate surface area is 71.6 Å².